The first kappa shape index (κ1) is 71.4. The van der Waals surface area contributed by atoms with E-state index in [9.17, 15) is 43.2 Å². The number of alkyl halides is 3. The van der Waals surface area contributed by atoms with Crippen LogP contribution < -0.4 is 10.6 Å². The number of rotatable bonds is 30. The second-order valence-corrected chi connectivity index (χ2v) is 23.5. The van der Waals surface area contributed by atoms with Crippen LogP contribution in [0.25, 0.3) is 0 Å². The van der Waals surface area contributed by atoms with Gasteiger partial charge in [-0.15, -0.1) is 0 Å². The maximum atomic E-state index is 14.0. The number of nitrogens with one attached hydrogen (secondary N) is 2. The van der Waals surface area contributed by atoms with E-state index in [4.69, 9.17) is 63.2 Å². The van der Waals surface area contributed by atoms with Crippen molar-refractivity contribution in [1.82, 2.24) is 25.3 Å². The molecular formula is C56H86Cl3N5O15. The van der Waals surface area contributed by atoms with E-state index in [2.05, 4.69) is 17.2 Å². The molecule has 0 aromatic heterocycles. The maximum Gasteiger partial charge on any atom is 0.508 e. The number of nitrogens with zero attached hydrogens (tertiary/aromatic N) is 3. The lowest BCUT2D eigenvalue weighted by atomic mass is 9.86. The molecule has 1 aromatic carbocycles. The minimum atomic E-state index is -1.99. The fourth-order valence-electron chi connectivity index (χ4n) is 7.77. The van der Waals surface area contributed by atoms with Crippen LogP contribution in [0.1, 0.15) is 121 Å². The van der Waals surface area contributed by atoms with Crippen LogP contribution in [0.2, 0.25) is 0 Å². The molecule has 446 valence electrons. The van der Waals surface area contributed by atoms with Crippen molar-refractivity contribution in [2.45, 2.75) is 174 Å². The molecule has 1 aromatic rings. The van der Waals surface area contributed by atoms with Gasteiger partial charge in [0, 0.05) is 51.4 Å². The average molecular weight is 1180 g/mol. The molecule has 1 rings (SSSR count). The topological polar surface area (TPSA) is 243 Å². The van der Waals surface area contributed by atoms with Gasteiger partial charge < -0.3 is 53.8 Å². The highest BCUT2D eigenvalue weighted by atomic mass is 35.6. The molecule has 0 saturated heterocycles. The van der Waals surface area contributed by atoms with Crippen molar-refractivity contribution in [2.24, 2.45) is 23.7 Å². The highest BCUT2D eigenvalue weighted by molar-refractivity contribution is 6.67. The van der Waals surface area contributed by atoms with E-state index < -0.39 is 131 Å². The number of carbonyl (C=O) groups is 9. The number of amides is 5. The molecule has 0 bridgehead atoms. The van der Waals surface area contributed by atoms with Crippen molar-refractivity contribution in [2.75, 3.05) is 40.9 Å². The number of likely N-dealkylation sites (N-methyl/N-ethyl adjacent to an activating group) is 3. The maximum absolute atomic E-state index is 14.0. The minimum Gasteiger partial charge on any atom is -0.460 e. The number of halogens is 3. The quantitative estimate of drug-likeness (QED) is 0.0242. The van der Waals surface area contributed by atoms with E-state index in [0.717, 1.165) is 10.5 Å². The van der Waals surface area contributed by atoms with Gasteiger partial charge in [0.2, 0.25) is 21.5 Å². The van der Waals surface area contributed by atoms with E-state index in [-0.39, 0.29) is 36.9 Å². The summed E-state index contributed by atoms with van der Waals surface area (Å²) in [6.07, 6.45) is -1.55. The molecule has 11 atom stereocenters. The summed E-state index contributed by atoms with van der Waals surface area (Å²) in [5.41, 5.74) is -0.119. The Morgan fingerprint density at radius 1 is 0.734 bits per heavy atom. The number of carbonyl (C=O) groups excluding carboxylic acids is 9. The highest BCUT2D eigenvalue weighted by Crippen LogP contribution is 2.30. The van der Waals surface area contributed by atoms with Crippen molar-refractivity contribution >= 4 is 88.6 Å². The molecule has 0 unspecified atom stereocenters. The lowest BCUT2D eigenvalue weighted by molar-refractivity contribution is -0.166. The van der Waals surface area contributed by atoms with Crippen LogP contribution in [0.3, 0.4) is 0 Å². The largest absolute Gasteiger partial charge is 0.508 e. The van der Waals surface area contributed by atoms with Crippen LogP contribution in [0.15, 0.2) is 54.6 Å². The molecule has 0 radical (unpaired) electrons. The number of alkyl carbamates (subject to hydrolysis) is 1. The van der Waals surface area contributed by atoms with Crippen molar-refractivity contribution in [3.8, 4) is 0 Å². The smallest absolute Gasteiger partial charge is 0.460 e. The Bertz CT molecular complexity index is 2240. The molecule has 0 aliphatic rings. The summed E-state index contributed by atoms with van der Waals surface area (Å²) in [4.78, 5) is 126. The van der Waals surface area contributed by atoms with Crippen LogP contribution in [0.5, 0.6) is 0 Å². The summed E-state index contributed by atoms with van der Waals surface area (Å²) in [5.74, 6) is -7.07. The third-order valence-corrected chi connectivity index (χ3v) is 13.7. The van der Waals surface area contributed by atoms with Crippen molar-refractivity contribution < 1.29 is 71.6 Å². The van der Waals surface area contributed by atoms with E-state index in [0.29, 0.717) is 19.3 Å². The Balaban J connectivity index is 3.51. The van der Waals surface area contributed by atoms with Gasteiger partial charge in [-0.1, -0.05) is 145 Å². The van der Waals surface area contributed by atoms with E-state index in [1.165, 1.54) is 63.9 Å². The number of benzene rings is 1. The molecule has 20 nitrogen and oxygen atoms in total. The first-order chi connectivity index (χ1) is 36.6. The van der Waals surface area contributed by atoms with Gasteiger partial charge in [0.1, 0.15) is 61.7 Å². The Kier molecular flexibility index (Phi) is 30.6. The van der Waals surface area contributed by atoms with Crippen LogP contribution in [0, 0.1) is 23.7 Å². The lowest BCUT2D eigenvalue weighted by Crippen LogP contribution is -2.56. The Hall–Kier alpha value is -5.60. The van der Waals surface area contributed by atoms with E-state index in [1.54, 1.807) is 78.8 Å². The molecule has 0 spiro atoms. The van der Waals surface area contributed by atoms with Crippen LogP contribution in [-0.2, 0) is 68.4 Å². The summed E-state index contributed by atoms with van der Waals surface area (Å²) in [6, 6.07) is 4.40. The van der Waals surface area contributed by atoms with Crippen LogP contribution in [-0.4, -0.2) is 161 Å². The van der Waals surface area contributed by atoms with Crippen molar-refractivity contribution in [1.29, 1.82) is 0 Å². The van der Waals surface area contributed by atoms with Gasteiger partial charge in [-0.05, 0) is 65.4 Å². The molecule has 23 heteroatoms. The van der Waals surface area contributed by atoms with Crippen molar-refractivity contribution in [3.63, 3.8) is 0 Å². The van der Waals surface area contributed by atoms with Gasteiger partial charge in [-0.2, -0.15) is 0 Å². The highest BCUT2D eigenvalue weighted by Gasteiger charge is 2.40. The minimum absolute atomic E-state index is 0.0122. The van der Waals surface area contributed by atoms with Crippen LogP contribution in [0.4, 0.5) is 9.59 Å². The molecule has 0 heterocycles. The zero-order valence-corrected chi connectivity index (χ0v) is 51.1. The predicted molar refractivity (Wildman–Crippen MR) is 301 cm³/mol. The fraction of sp³-hybridized carbons (Fsp3) is 0.661. The Morgan fingerprint density at radius 3 is 1.85 bits per heavy atom. The number of hydrogen-bond donors (Lipinski definition) is 2. The molecule has 5 amide bonds. The third-order valence-electron chi connectivity index (χ3n) is 13.4. The second kappa shape index (κ2) is 33.9. The summed E-state index contributed by atoms with van der Waals surface area (Å²) >= 11 is 17.5. The van der Waals surface area contributed by atoms with Gasteiger partial charge in [-0.25, -0.2) is 19.2 Å². The summed E-state index contributed by atoms with van der Waals surface area (Å²) in [6.45, 7) is 24.2. The fourth-order valence-corrected chi connectivity index (χ4v) is 7.93. The monoisotopic (exact) mass is 1170 g/mol. The predicted octanol–water partition coefficient (Wildman–Crippen LogP) is 8.32. The molecule has 0 aliphatic heterocycles. The molecule has 79 heavy (non-hydrogen) atoms. The molecule has 0 fully saturated rings. The normalized spacial score (nSPS) is 16.0. The number of hydrogen-bond acceptors (Lipinski definition) is 15. The summed E-state index contributed by atoms with van der Waals surface area (Å²) < 4.78 is 31.3. The van der Waals surface area contributed by atoms with Gasteiger partial charge in [0.05, 0.1) is 0 Å². The first-order valence-corrected chi connectivity index (χ1v) is 27.6. The zero-order valence-electron chi connectivity index (χ0n) is 48.9. The Morgan fingerprint density at radius 2 is 1.32 bits per heavy atom. The van der Waals surface area contributed by atoms with Crippen molar-refractivity contribution in [3.05, 3.63) is 60.2 Å². The number of esters is 3. The summed E-state index contributed by atoms with van der Waals surface area (Å²) in [7, 11) is 4.24. The SMILES string of the molecule is C=CCOC(=O)CN(C)C(=O)[C@@H](Cc1ccccc1)N(C)C(=O)[C@H](C)NC(=O)[C@H](OC(=O)/C(C)=C/C[C@H](OC(=O)OCC(Cl)(Cl)Cl)[C@H](C)[C@@H](OC(=O)[C@H](C)N(C)C(=O)[C@@H](NC(=O)OC(C)(C)C)[C@H](C)CC)[C@@H](C)CC)[C@@H](C)CC. The average Bonchev–Trinajstić information content (AvgIpc) is 3.39. The molecule has 2 N–H and O–H groups in total. The molecular weight excluding hydrogens is 1090 g/mol. The van der Waals surface area contributed by atoms with Gasteiger partial charge >= 0.3 is 30.2 Å². The Labute approximate surface area is 482 Å². The van der Waals surface area contributed by atoms with Gasteiger partial charge in [-0.3, -0.25) is 24.0 Å². The van der Waals surface area contributed by atoms with E-state index >= 15 is 0 Å². The van der Waals surface area contributed by atoms with E-state index in [1.807, 2.05) is 20.8 Å². The standard InChI is InChI=1S/C56H86Cl3N5O15/c1-18-29-74-43(65)31-62(15)49(68)41(30-40-25-23-22-24-26-40)64(17)48(67)38(10)60-47(66)46(35(7)21-4)78-51(70)36(8)27-28-42(76-54(73)75-32-56(57,58)59)37(9)45(34(6)20-3)77-52(71)39(11)63(16)50(69)44(33(5)19-2)61-53(72)79-55(12,13)14/h18,22-27,33-35,37-39,41-42,44-46H,1,19-21,28-32H2,2-17H3,(H,60,66)(H,61,72)/b36-27+/t33-,34+,35+,37+,38+,39+,41-,42+,44+,45+,46-/m1/s1. The molecule has 0 saturated carbocycles. The second-order valence-electron chi connectivity index (χ2n) is 21.0. The number of ether oxygens (including phenoxy) is 6. The third kappa shape index (κ3) is 24.8. The summed E-state index contributed by atoms with van der Waals surface area (Å²) in [5, 5.41) is 5.29. The van der Waals surface area contributed by atoms with Crippen LogP contribution >= 0.6 is 34.8 Å². The zero-order chi connectivity index (χ0) is 60.7. The molecule has 0 aliphatic carbocycles. The lowest BCUT2D eigenvalue weighted by Gasteiger charge is -2.36. The van der Waals surface area contributed by atoms with Gasteiger partial charge in [0.15, 0.2) is 6.10 Å². The van der Waals surface area contributed by atoms with Gasteiger partial charge in [0.25, 0.3) is 5.91 Å². The first-order valence-electron chi connectivity index (χ1n) is 26.5.